The zero-order valence-electron chi connectivity index (χ0n) is 16.9. The maximum absolute atomic E-state index is 13.1. The Kier molecular flexibility index (Phi) is 5.80. The zero-order valence-corrected chi connectivity index (χ0v) is 18.5. The van der Waals surface area contributed by atoms with Gasteiger partial charge in [0.1, 0.15) is 11.5 Å². The SMILES string of the molecule is COc1ccc(/C(O)=C2/C(=O)C(=O)N(c3ccc(C#N)cc3)C2c2ccccc2)cc1Br. The van der Waals surface area contributed by atoms with Crippen molar-refractivity contribution in [1.82, 2.24) is 0 Å². The third-order valence-corrected chi connectivity index (χ3v) is 5.88. The average molecular weight is 489 g/mol. The molecule has 6 nitrogen and oxygen atoms in total. The molecule has 0 spiro atoms. The molecule has 4 rings (SSSR count). The molecule has 1 saturated heterocycles. The van der Waals surface area contributed by atoms with Crippen LogP contribution in [0, 0.1) is 11.3 Å². The van der Waals surface area contributed by atoms with Crippen LogP contribution in [0.5, 0.6) is 5.75 Å². The molecule has 1 aliphatic heterocycles. The molecule has 32 heavy (non-hydrogen) atoms. The lowest BCUT2D eigenvalue weighted by molar-refractivity contribution is -0.132. The topological polar surface area (TPSA) is 90.6 Å². The molecule has 1 N–H and O–H groups in total. The van der Waals surface area contributed by atoms with Gasteiger partial charge in [-0.2, -0.15) is 5.26 Å². The van der Waals surface area contributed by atoms with Crippen molar-refractivity contribution in [2.45, 2.75) is 6.04 Å². The lowest BCUT2D eigenvalue weighted by Crippen LogP contribution is -2.29. The minimum Gasteiger partial charge on any atom is -0.507 e. The van der Waals surface area contributed by atoms with E-state index in [0.717, 1.165) is 0 Å². The van der Waals surface area contributed by atoms with Crippen LogP contribution in [0.2, 0.25) is 0 Å². The van der Waals surface area contributed by atoms with Gasteiger partial charge in [-0.15, -0.1) is 0 Å². The number of ketones is 1. The van der Waals surface area contributed by atoms with Gasteiger partial charge in [0.05, 0.1) is 34.8 Å². The lowest BCUT2D eigenvalue weighted by Gasteiger charge is -2.25. The number of carbonyl (C=O) groups excluding carboxylic acids is 2. The minimum atomic E-state index is -0.829. The molecular formula is C25H17BrN2O4. The van der Waals surface area contributed by atoms with Crippen LogP contribution in [-0.2, 0) is 9.59 Å². The van der Waals surface area contributed by atoms with Crippen LogP contribution in [0.3, 0.4) is 0 Å². The first-order valence-corrected chi connectivity index (χ1v) is 10.5. The quantitative estimate of drug-likeness (QED) is 0.318. The zero-order chi connectivity index (χ0) is 22.8. The number of amides is 1. The van der Waals surface area contributed by atoms with Crippen LogP contribution in [0.1, 0.15) is 22.7 Å². The number of hydrogen-bond acceptors (Lipinski definition) is 5. The molecule has 7 heteroatoms. The van der Waals surface area contributed by atoms with Crippen molar-refractivity contribution in [1.29, 1.82) is 5.26 Å². The van der Waals surface area contributed by atoms with Crippen LogP contribution in [0.15, 0.2) is 82.8 Å². The number of aliphatic hydroxyl groups is 1. The van der Waals surface area contributed by atoms with Crippen LogP contribution in [-0.4, -0.2) is 23.9 Å². The summed E-state index contributed by atoms with van der Waals surface area (Å²) >= 11 is 3.39. The van der Waals surface area contributed by atoms with E-state index in [1.165, 1.54) is 12.0 Å². The Balaban J connectivity index is 1.91. The van der Waals surface area contributed by atoms with E-state index in [-0.39, 0.29) is 11.3 Å². The number of nitrogens with zero attached hydrogens (tertiary/aromatic N) is 2. The van der Waals surface area contributed by atoms with Gasteiger partial charge >= 0.3 is 0 Å². The Labute approximate surface area is 193 Å². The van der Waals surface area contributed by atoms with Gasteiger partial charge in [0.25, 0.3) is 11.7 Å². The summed E-state index contributed by atoms with van der Waals surface area (Å²) in [6, 6.07) is 21.5. The van der Waals surface area contributed by atoms with Crippen LogP contribution in [0.4, 0.5) is 5.69 Å². The number of methoxy groups -OCH3 is 1. The first-order valence-electron chi connectivity index (χ1n) is 9.66. The highest BCUT2D eigenvalue weighted by atomic mass is 79.9. The average Bonchev–Trinajstić information content (AvgIpc) is 3.09. The second-order valence-electron chi connectivity index (χ2n) is 7.09. The van der Waals surface area contributed by atoms with Gasteiger partial charge in [0, 0.05) is 11.3 Å². The Bertz CT molecular complexity index is 1280. The van der Waals surface area contributed by atoms with Gasteiger partial charge in [-0.3, -0.25) is 14.5 Å². The Morgan fingerprint density at radius 3 is 2.34 bits per heavy atom. The highest BCUT2D eigenvalue weighted by Crippen LogP contribution is 2.42. The molecule has 1 aliphatic rings. The molecule has 1 heterocycles. The largest absolute Gasteiger partial charge is 0.507 e. The standard InChI is InChI=1S/C25H17BrN2O4/c1-32-20-12-9-17(13-19(20)26)23(29)21-22(16-5-3-2-4-6-16)28(25(31)24(21)30)18-10-7-15(14-27)8-11-18/h2-13,22,29H,1H3/b23-21-. The third kappa shape index (κ3) is 3.66. The molecule has 0 bridgehead atoms. The lowest BCUT2D eigenvalue weighted by atomic mass is 9.95. The summed E-state index contributed by atoms with van der Waals surface area (Å²) in [6.07, 6.45) is 0. The van der Waals surface area contributed by atoms with E-state index in [1.54, 1.807) is 66.7 Å². The van der Waals surface area contributed by atoms with Crippen molar-refractivity contribution in [2.24, 2.45) is 0 Å². The predicted octanol–water partition coefficient (Wildman–Crippen LogP) is 4.96. The number of benzene rings is 3. The molecule has 3 aromatic rings. The minimum absolute atomic E-state index is 0.0115. The number of anilines is 1. The van der Waals surface area contributed by atoms with E-state index in [1.807, 2.05) is 12.1 Å². The van der Waals surface area contributed by atoms with Gasteiger partial charge in [0.15, 0.2) is 0 Å². The molecule has 158 valence electrons. The summed E-state index contributed by atoms with van der Waals surface area (Å²) in [5, 5.41) is 20.2. The Morgan fingerprint density at radius 1 is 1.06 bits per heavy atom. The van der Waals surface area contributed by atoms with Gasteiger partial charge in [-0.05, 0) is 64.0 Å². The molecule has 1 unspecified atom stereocenters. The van der Waals surface area contributed by atoms with Crippen molar-refractivity contribution in [3.8, 4) is 11.8 Å². The number of nitriles is 1. The maximum Gasteiger partial charge on any atom is 0.300 e. The highest BCUT2D eigenvalue weighted by Gasteiger charge is 2.46. The van der Waals surface area contributed by atoms with Gasteiger partial charge in [-0.1, -0.05) is 30.3 Å². The second-order valence-corrected chi connectivity index (χ2v) is 7.94. The van der Waals surface area contributed by atoms with Crippen LogP contribution >= 0.6 is 15.9 Å². The number of rotatable bonds is 4. The van der Waals surface area contributed by atoms with Crippen LogP contribution in [0.25, 0.3) is 5.76 Å². The van der Waals surface area contributed by atoms with Crippen LogP contribution < -0.4 is 9.64 Å². The number of carbonyl (C=O) groups is 2. The molecule has 3 aromatic carbocycles. The summed E-state index contributed by atoms with van der Waals surface area (Å²) in [7, 11) is 1.53. The first kappa shape index (κ1) is 21.3. The third-order valence-electron chi connectivity index (χ3n) is 5.26. The molecule has 0 aromatic heterocycles. The molecular weight excluding hydrogens is 472 g/mol. The molecule has 0 radical (unpaired) electrons. The Morgan fingerprint density at radius 2 is 1.75 bits per heavy atom. The van der Waals surface area contributed by atoms with Gasteiger partial charge in [0.2, 0.25) is 0 Å². The smallest absolute Gasteiger partial charge is 0.300 e. The maximum atomic E-state index is 13.1. The second kappa shape index (κ2) is 8.69. The fraction of sp³-hybridized carbons (Fsp3) is 0.0800. The van der Waals surface area contributed by atoms with Crippen molar-refractivity contribution >= 4 is 39.1 Å². The van der Waals surface area contributed by atoms with E-state index in [0.29, 0.717) is 32.6 Å². The fourth-order valence-electron chi connectivity index (χ4n) is 3.72. The van der Waals surface area contributed by atoms with Crippen molar-refractivity contribution < 1.29 is 19.4 Å². The highest BCUT2D eigenvalue weighted by molar-refractivity contribution is 9.10. The van der Waals surface area contributed by atoms with E-state index in [9.17, 15) is 14.7 Å². The van der Waals surface area contributed by atoms with Crippen molar-refractivity contribution in [2.75, 3.05) is 12.0 Å². The fourth-order valence-corrected chi connectivity index (χ4v) is 4.26. The number of hydrogen-bond donors (Lipinski definition) is 1. The summed E-state index contributed by atoms with van der Waals surface area (Å²) in [6.45, 7) is 0. The molecule has 1 amide bonds. The van der Waals surface area contributed by atoms with Gasteiger partial charge in [-0.25, -0.2) is 0 Å². The predicted molar refractivity (Wildman–Crippen MR) is 123 cm³/mol. The monoisotopic (exact) mass is 488 g/mol. The Hall–Kier alpha value is -3.89. The van der Waals surface area contributed by atoms with Gasteiger partial charge < -0.3 is 9.84 Å². The van der Waals surface area contributed by atoms with Crippen molar-refractivity contribution in [3.63, 3.8) is 0 Å². The summed E-state index contributed by atoms with van der Waals surface area (Å²) in [5.74, 6) is -1.25. The number of halogens is 1. The normalized spacial score (nSPS) is 17.3. The number of aliphatic hydroxyl groups excluding tert-OH is 1. The van der Waals surface area contributed by atoms with E-state index < -0.39 is 17.7 Å². The summed E-state index contributed by atoms with van der Waals surface area (Å²) < 4.78 is 5.83. The van der Waals surface area contributed by atoms with E-state index >= 15 is 0 Å². The molecule has 1 fully saturated rings. The molecule has 0 aliphatic carbocycles. The molecule has 1 atom stereocenters. The molecule has 0 saturated carbocycles. The van der Waals surface area contributed by atoms with E-state index in [4.69, 9.17) is 10.00 Å². The summed E-state index contributed by atoms with van der Waals surface area (Å²) in [5.41, 5.74) is 1.92. The number of ether oxygens (including phenoxy) is 1. The summed E-state index contributed by atoms with van der Waals surface area (Å²) in [4.78, 5) is 27.6. The first-order chi connectivity index (χ1) is 15.5. The van der Waals surface area contributed by atoms with E-state index in [2.05, 4.69) is 15.9 Å². The number of Topliss-reactive ketones (excluding diaryl/α,β-unsaturated/α-hetero) is 1. The van der Waals surface area contributed by atoms with Crippen molar-refractivity contribution in [3.05, 3.63) is 99.5 Å².